The van der Waals surface area contributed by atoms with Crippen LogP contribution < -0.4 is 9.44 Å². The molecule has 268 valence electrons. The van der Waals surface area contributed by atoms with E-state index < -0.39 is 32.1 Å². The van der Waals surface area contributed by atoms with Crippen LogP contribution in [0.25, 0.3) is 0 Å². The van der Waals surface area contributed by atoms with Gasteiger partial charge in [-0.2, -0.15) is 9.44 Å². The molecule has 2 aromatic carbocycles. The Hall–Kier alpha value is -2.88. The van der Waals surface area contributed by atoms with Gasteiger partial charge in [0, 0.05) is 26.2 Å². The predicted octanol–water partition coefficient (Wildman–Crippen LogP) is 3.09. The molecule has 0 bridgehead atoms. The third-order valence-electron chi connectivity index (χ3n) is 7.91. The molecule has 1 saturated heterocycles. The van der Waals surface area contributed by atoms with Crippen molar-refractivity contribution >= 4 is 31.9 Å². The zero-order valence-electron chi connectivity index (χ0n) is 29.0. The van der Waals surface area contributed by atoms with Crippen LogP contribution >= 0.6 is 0 Å². The van der Waals surface area contributed by atoms with Crippen molar-refractivity contribution in [1.82, 2.24) is 19.2 Å². The van der Waals surface area contributed by atoms with Gasteiger partial charge in [-0.25, -0.2) is 16.8 Å². The molecule has 0 aromatic heterocycles. The summed E-state index contributed by atoms with van der Waals surface area (Å²) in [7, 11) is -7.89. The van der Waals surface area contributed by atoms with Crippen LogP contribution in [-0.4, -0.2) is 103 Å². The first-order chi connectivity index (χ1) is 22.6. The predicted molar refractivity (Wildman–Crippen MR) is 184 cm³/mol. The highest BCUT2D eigenvalue weighted by Crippen LogP contribution is 2.17. The van der Waals surface area contributed by atoms with Gasteiger partial charge in [0.05, 0.1) is 36.2 Å². The lowest BCUT2D eigenvalue weighted by molar-refractivity contribution is -0.136. The van der Waals surface area contributed by atoms with Gasteiger partial charge in [0.25, 0.3) is 0 Å². The molecule has 3 rings (SSSR count). The molecule has 14 heteroatoms. The molecular formula is C34H52N4O8S2. The van der Waals surface area contributed by atoms with E-state index in [9.17, 15) is 26.4 Å². The van der Waals surface area contributed by atoms with Crippen LogP contribution in [0.4, 0.5) is 0 Å². The van der Waals surface area contributed by atoms with Crippen molar-refractivity contribution in [2.24, 2.45) is 11.8 Å². The number of rotatable bonds is 12. The minimum absolute atomic E-state index is 0.0454. The van der Waals surface area contributed by atoms with E-state index in [1.165, 1.54) is 24.3 Å². The normalized spacial score (nSPS) is 17.1. The number of hydrogen-bond acceptors (Lipinski definition) is 8. The Morgan fingerprint density at radius 3 is 1.17 bits per heavy atom. The number of nitrogens with one attached hydrogen (secondary N) is 2. The molecule has 1 aliphatic heterocycles. The molecule has 0 saturated carbocycles. The first-order valence-electron chi connectivity index (χ1n) is 16.5. The van der Waals surface area contributed by atoms with E-state index in [0.717, 1.165) is 11.1 Å². The number of aryl methyl sites for hydroxylation is 2. The minimum Gasteiger partial charge on any atom is -0.378 e. The zero-order chi connectivity index (χ0) is 35.5. The number of sulfonamides is 2. The Labute approximate surface area is 286 Å². The van der Waals surface area contributed by atoms with E-state index in [1.807, 2.05) is 41.5 Å². The van der Waals surface area contributed by atoms with Crippen LogP contribution in [0.3, 0.4) is 0 Å². The molecule has 0 unspecified atom stereocenters. The Bertz CT molecular complexity index is 1420. The highest BCUT2D eigenvalue weighted by atomic mass is 32.2. The summed E-state index contributed by atoms with van der Waals surface area (Å²) in [4.78, 5) is 30.7. The van der Waals surface area contributed by atoms with Crippen LogP contribution in [0.2, 0.25) is 0 Å². The highest BCUT2D eigenvalue weighted by molar-refractivity contribution is 7.89. The smallest absolute Gasteiger partial charge is 0.241 e. The van der Waals surface area contributed by atoms with Crippen molar-refractivity contribution < 1.29 is 35.9 Å². The van der Waals surface area contributed by atoms with E-state index >= 15 is 0 Å². The molecule has 2 atom stereocenters. The maximum Gasteiger partial charge on any atom is 0.241 e. The number of benzene rings is 2. The van der Waals surface area contributed by atoms with Crippen LogP contribution in [-0.2, 0) is 39.1 Å². The summed E-state index contributed by atoms with van der Waals surface area (Å²) in [6.45, 7) is 12.9. The molecule has 48 heavy (non-hydrogen) atoms. The van der Waals surface area contributed by atoms with Gasteiger partial charge in [-0.05, 0) is 62.8 Å². The zero-order valence-corrected chi connectivity index (χ0v) is 30.6. The number of carbonyl (C=O) groups excluding carboxylic acids is 2. The second kappa shape index (κ2) is 18.2. The number of nitrogens with zero attached hydrogens (tertiary/aromatic N) is 2. The van der Waals surface area contributed by atoms with Crippen molar-refractivity contribution in [2.45, 2.75) is 76.3 Å². The van der Waals surface area contributed by atoms with Gasteiger partial charge < -0.3 is 19.3 Å². The van der Waals surface area contributed by atoms with Gasteiger partial charge in [0.1, 0.15) is 12.1 Å². The highest BCUT2D eigenvalue weighted by Gasteiger charge is 2.32. The third kappa shape index (κ3) is 12.2. The number of hydrogen-bond donors (Lipinski definition) is 2. The Morgan fingerprint density at radius 1 is 0.604 bits per heavy atom. The van der Waals surface area contributed by atoms with Crippen molar-refractivity contribution in [2.75, 3.05) is 52.6 Å². The maximum atomic E-state index is 13.7. The van der Waals surface area contributed by atoms with Crippen LogP contribution in [0.15, 0.2) is 58.3 Å². The van der Waals surface area contributed by atoms with Crippen LogP contribution in [0.5, 0.6) is 0 Å². The number of amides is 2. The lowest BCUT2D eigenvalue weighted by atomic mass is 10.0. The summed E-state index contributed by atoms with van der Waals surface area (Å²) in [5, 5.41) is 0. The molecule has 12 nitrogen and oxygen atoms in total. The first kappa shape index (κ1) is 39.6. The minimum atomic E-state index is -3.94. The summed E-state index contributed by atoms with van der Waals surface area (Å²) < 4.78 is 69.7. The first-order valence-corrected chi connectivity index (χ1v) is 19.5. The van der Waals surface area contributed by atoms with Gasteiger partial charge in [0.2, 0.25) is 31.9 Å². The quantitative estimate of drug-likeness (QED) is 0.342. The molecule has 0 spiro atoms. The maximum absolute atomic E-state index is 13.7. The summed E-state index contributed by atoms with van der Waals surface area (Å²) >= 11 is 0. The van der Waals surface area contributed by atoms with Gasteiger partial charge >= 0.3 is 0 Å². The lowest BCUT2D eigenvalue weighted by Gasteiger charge is -2.31. The molecular weight excluding hydrogens is 657 g/mol. The third-order valence-corrected chi connectivity index (χ3v) is 10.9. The molecule has 1 fully saturated rings. The van der Waals surface area contributed by atoms with E-state index in [0.29, 0.717) is 12.8 Å². The van der Waals surface area contributed by atoms with Crippen molar-refractivity contribution in [3.63, 3.8) is 0 Å². The van der Waals surface area contributed by atoms with Gasteiger partial charge in [0.15, 0.2) is 0 Å². The molecule has 0 radical (unpaired) electrons. The second-order valence-corrected chi connectivity index (χ2v) is 16.5. The fourth-order valence-electron chi connectivity index (χ4n) is 5.30. The standard InChI is InChI=1S/C34H52N4O8S2/c1-25(2)23-31(35-47(41,42)29-11-7-27(5)8-12-29)33(39)37-15-19-45-21-17-38(18-22-46-20-16-37)34(40)32(24-26(3)4)36-48(43,44)30-13-9-28(6)10-14-30/h7-14,25-26,31-32,35-36H,15-24H2,1-6H3/t31-,32-/m0/s1. The fourth-order valence-corrected chi connectivity index (χ4v) is 7.70. The van der Waals surface area contributed by atoms with Gasteiger partial charge in [-0.3, -0.25) is 9.59 Å². The van der Waals surface area contributed by atoms with E-state index in [-0.39, 0.29) is 86.0 Å². The molecule has 0 aliphatic carbocycles. The fraction of sp³-hybridized carbons (Fsp3) is 0.588. The van der Waals surface area contributed by atoms with Crippen LogP contribution in [0, 0.1) is 25.7 Å². The molecule has 1 aliphatic rings. The van der Waals surface area contributed by atoms with E-state index in [1.54, 1.807) is 34.1 Å². The van der Waals surface area contributed by atoms with Gasteiger partial charge in [-0.15, -0.1) is 0 Å². The summed E-state index contributed by atoms with van der Waals surface area (Å²) in [5.74, 6) is -0.635. The molecule has 1 heterocycles. The molecule has 2 N–H and O–H groups in total. The average molecular weight is 709 g/mol. The van der Waals surface area contributed by atoms with Crippen molar-refractivity contribution in [1.29, 1.82) is 0 Å². The molecule has 2 aromatic rings. The topological polar surface area (TPSA) is 151 Å². The van der Waals surface area contributed by atoms with Gasteiger partial charge in [-0.1, -0.05) is 63.1 Å². The monoisotopic (exact) mass is 708 g/mol. The summed E-state index contributed by atoms with van der Waals surface area (Å²) in [6, 6.07) is 11.0. The number of ether oxygens (including phenoxy) is 2. The van der Waals surface area contributed by atoms with Crippen LogP contribution in [0.1, 0.15) is 51.7 Å². The van der Waals surface area contributed by atoms with Crippen molar-refractivity contribution in [3.05, 3.63) is 59.7 Å². The average Bonchev–Trinajstić information content (AvgIpc) is 3.00. The second-order valence-electron chi connectivity index (χ2n) is 13.1. The largest absolute Gasteiger partial charge is 0.378 e. The lowest BCUT2D eigenvalue weighted by Crippen LogP contribution is -2.52. The Kier molecular flexibility index (Phi) is 15.0. The Morgan fingerprint density at radius 2 is 0.896 bits per heavy atom. The van der Waals surface area contributed by atoms with Crippen molar-refractivity contribution in [3.8, 4) is 0 Å². The summed E-state index contributed by atoms with van der Waals surface area (Å²) in [6.07, 6.45) is 0.620. The molecule has 2 amide bonds. The van der Waals surface area contributed by atoms with E-state index in [4.69, 9.17) is 9.47 Å². The summed E-state index contributed by atoms with van der Waals surface area (Å²) in [5.41, 5.74) is 1.85. The Balaban J connectivity index is 1.67. The SMILES string of the molecule is Cc1ccc(S(=O)(=O)N[C@@H](CC(C)C)C(=O)N2CCOCCN(C(=O)[C@H](CC(C)C)NS(=O)(=O)c3ccc(C)cc3)CCOCC2)cc1. The van der Waals surface area contributed by atoms with E-state index in [2.05, 4.69) is 9.44 Å². The number of carbonyl (C=O) groups is 2.